The standard InChI is InChI=1S/C15H12Cl2N2O2/c1-9(10-2-4-11(16)5-3-10)18-19-15(21)13-8-12(17)6-7-14(13)20/h2-8,20H,1H3,(H,19,21)/b18-9-. The molecule has 6 heteroatoms. The van der Waals surface area contributed by atoms with Crippen molar-refractivity contribution >= 4 is 34.8 Å². The molecular formula is C15H12Cl2N2O2. The van der Waals surface area contributed by atoms with E-state index >= 15 is 0 Å². The fourth-order valence-electron chi connectivity index (χ4n) is 1.64. The molecule has 108 valence electrons. The van der Waals surface area contributed by atoms with E-state index in [2.05, 4.69) is 10.5 Å². The SMILES string of the molecule is C/C(=N/NC(=O)c1cc(Cl)ccc1O)c1ccc(Cl)cc1. The molecule has 4 nitrogen and oxygen atoms in total. The second kappa shape index (κ2) is 6.61. The van der Waals surface area contributed by atoms with E-state index in [1.807, 2.05) is 0 Å². The highest BCUT2D eigenvalue weighted by molar-refractivity contribution is 6.31. The predicted molar refractivity (Wildman–Crippen MR) is 84.2 cm³/mol. The third kappa shape index (κ3) is 3.97. The highest BCUT2D eigenvalue weighted by Crippen LogP contribution is 2.21. The van der Waals surface area contributed by atoms with Gasteiger partial charge < -0.3 is 5.11 Å². The average Bonchev–Trinajstić information content (AvgIpc) is 2.47. The largest absolute Gasteiger partial charge is 0.507 e. The third-order valence-corrected chi connectivity index (χ3v) is 3.28. The normalized spacial score (nSPS) is 11.3. The van der Waals surface area contributed by atoms with Gasteiger partial charge >= 0.3 is 0 Å². The van der Waals surface area contributed by atoms with E-state index in [9.17, 15) is 9.90 Å². The number of phenols is 1. The summed E-state index contributed by atoms with van der Waals surface area (Å²) in [4.78, 5) is 11.9. The van der Waals surface area contributed by atoms with E-state index in [0.717, 1.165) is 5.56 Å². The van der Waals surface area contributed by atoms with Gasteiger partial charge in [0.15, 0.2) is 0 Å². The van der Waals surface area contributed by atoms with Crippen molar-refractivity contribution in [2.75, 3.05) is 0 Å². The fourth-order valence-corrected chi connectivity index (χ4v) is 1.94. The minimum absolute atomic E-state index is 0.0650. The second-order valence-corrected chi connectivity index (χ2v) is 5.18. The van der Waals surface area contributed by atoms with Gasteiger partial charge in [0, 0.05) is 10.0 Å². The smallest absolute Gasteiger partial charge is 0.275 e. The molecule has 0 atom stereocenters. The molecular weight excluding hydrogens is 311 g/mol. The fraction of sp³-hybridized carbons (Fsp3) is 0.0667. The molecule has 0 radical (unpaired) electrons. The van der Waals surface area contributed by atoms with Crippen molar-refractivity contribution in [1.29, 1.82) is 0 Å². The van der Waals surface area contributed by atoms with Crippen LogP contribution >= 0.6 is 23.2 Å². The maximum atomic E-state index is 11.9. The van der Waals surface area contributed by atoms with Crippen molar-refractivity contribution < 1.29 is 9.90 Å². The summed E-state index contributed by atoms with van der Waals surface area (Å²) in [6, 6.07) is 11.3. The summed E-state index contributed by atoms with van der Waals surface area (Å²) in [7, 11) is 0. The van der Waals surface area contributed by atoms with Crippen LogP contribution in [0.15, 0.2) is 47.6 Å². The Kier molecular flexibility index (Phi) is 4.83. The molecule has 2 N–H and O–H groups in total. The molecule has 1 amide bonds. The van der Waals surface area contributed by atoms with Crippen LogP contribution in [0.25, 0.3) is 0 Å². The van der Waals surface area contributed by atoms with Gasteiger partial charge in [-0.25, -0.2) is 5.43 Å². The number of hydrogen-bond donors (Lipinski definition) is 2. The Morgan fingerprint density at radius 1 is 1.10 bits per heavy atom. The topological polar surface area (TPSA) is 61.7 Å². The molecule has 0 saturated carbocycles. The maximum absolute atomic E-state index is 11.9. The number of hydrazone groups is 1. The van der Waals surface area contributed by atoms with Crippen molar-refractivity contribution in [2.45, 2.75) is 6.92 Å². The number of nitrogens with zero attached hydrogens (tertiary/aromatic N) is 1. The van der Waals surface area contributed by atoms with Crippen LogP contribution in [0, 0.1) is 0 Å². The molecule has 0 bridgehead atoms. The van der Waals surface area contributed by atoms with Crippen molar-refractivity contribution in [3.63, 3.8) is 0 Å². The number of rotatable bonds is 3. The lowest BCUT2D eigenvalue weighted by Crippen LogP contribution is -2.19. The van der Waals surface area contributed by atoms with Crippen LogP contribution in [0.5, 0.6) is 5.75 Å². The summed E-state index contributed by atoms with van der Waals surface area (Å²) in [5.74, 6) is -0.695. The number of carbonyl (C=O) groups is 1. The quantitative estimate of drug-likeness (QED) is 0.666. The van der Waals surface area contributed by atoms with Gasteiger partial charge in [0.25, 0.3) is 5.91 Å². The lowest BCUT2D eigenvalue weighted by molar-refractivity contribution is 0.0952. The van der Waals surface area contributed by atoms with Crippen LogP contribution < -0.4 is 5.43 Å². The molecule has 2 aromatic rings. The van der Waals surface area contributed by atoms with Gasteiger partial charge in [-0.2, -0.15) is 5.10 Å². The Morgan fingerprint density at radius 3 is 2.38 bits per heavy atom. The summed E-state index contributed by atoms with van der Waals surface area (Å²) >= 11 is 11.6. The highest BCUT2D eigenvalue weighted by atomic mass is 35.5. The predicted octanol–water partition coefficient (Wildman–Crippen LogP) is 3.85. The zero-order valence-electron chi connectivity index (χ0n) is 11.1. The van der Waals surface area contributed by atoms with Gasteiger partial charge in [-0.3, -0.25) is 4.79 Å². The molecule has 0 aliphatic heterocycles. The Labute approximate surface area is 132 Å². The third-order valence-electron chi connectivity index (χ3n) is 2.79. The first-order valence-corrected chi connectivity index (χ1v) is 6.82. The van der Waals surface area contributed by atoms with Crippen molar-refractivity contribution in [1.82, 2.24) is 5.43 Å². The first kappa shape index (κ1) is 15.4. The molecule has 0 spiro atoms. The van der Waals surface area contributed by atoms with Crippen LogP contribution in [0.3, 0.4) is 0 Å². The Hall–Kier alpha value is -2.04. The number of benzene rings is 2. The maximum Gasteiger partial charge on any atom is 0.275 e. The molecule has 0 aliphatic carbocycles. The first-order valence-electron chi connectivity index (χ1n) is 6.06. The van der Waals surface area contributed by atoms with E-state index in [1.165, 1.54) is 18.2 Å². The Balaban J connectivity index is 2.14. The van der Waals surface area contributed by atoms with E-state index in [1.54, 1.807) is 31.2 Å². The number of amides is 1. The molecule has 0 aromatic heterocycles. The van der Waals surface area contributed by atoms with E-state index in [4.69, 9.17) is 23.2 Å². The molecule has 21 heavy (non-hydrogen) atoms. The number of nitrogens with one attached hydrogen (secondary N) is 1. The van der Waals surface area contributed by atoms with Gasteiger partial charge in [0.05, 0.1) is 11.3 Å². The summed E-state index contributed by atoms with van der Waals surface area (Å²) in [5.41, 5.74) is 3.88. The summed E-state index contributed by atoms with van der Waals surface area (Å²) < 4.78 is 0. The molecule has 2 rings (SSSR count). The van der Waals surface area contributed by atoms with Crippen LogP contribution in [-0.2, 0) is 0 Å². The zero-order valence-corrected chi connectivity index (χ0v) is 12.6. The molecule has 0 aliphatic rings. The zero-order chi connectivity index (χ0) is 15.4. The summed E-state index contributed by atoms with van der Waals surface area (Å²) in [5, 5.41) is 14.6. The van der Waals surface area contributed by atoms with E-state index in [0.29, 0.717) is 15.8 Å². The van der Waals surface area contributed by atoms with Gasteiger partial charge in [-0.15, -0.1) is 0 Å². The molecule has 2 aromatic carbocycles. The molecule has 0 fully saturated rings. The average molecular weight is 323 g/mol. The monoisotopic (exact) mass is 322 g/mol. The van der Waals surface area contributed by atoms with Gasteiger partial charge in [-0.05, 0) is 42.8 Å². The number of phenolic OH excluding ortho intramolecular Hbond substituents is 1. The van der Waals surface area contributed by atoms with Crippen LogP contribution in [0.1, 0.15) is 22.8 Å². The minimum atomic E-state index is -0.539. The molecule has 0 saturated heterocycles. The van der Waals surface area contributed by atoms with Crippen LogP contribution in [0.2, 0.25) is 10.0 Å². The summed E-state index contributed by atoms with van der Waals surface area (Å²) in [6.07, 6.45) is 0. The van der Waals surface area contributed by atoms with Crippen molar-refractivity contribution in [3.8, 4) is 5.75 Å². The van der Waals surface area contributed by atoms with Gasteiger partial charge in [0.2, 0.25) is 0 Å². The van der Waals surface area contributed by atoms with Crippen LogP contribution in [-0.4, -0.2) is 16.7 Å². The van der Waals surface area contributed by atoms with Gasteiger partial charge in [0.1, 0.15) is 5.75 Å². The first-order chi connectivity index (χ1) is 9.97. The molecule has 0 heterocycles. The highest BCUT2D eigenvalue weighted by Gasteiger charge is 2.11. The number of carbonyl (C=O) groups excluding carboxylic acids is 1. The van der Waals surface area contributed by atoms with Crippen molar-refractivity contribution in [3.05, 3.63) is 63.6 Å². The summed E-state index contributed by atoms with van der Waals surface area (Å²) in [6.45, 7) is 1.75. The lowest BCUT2D eigenvalue weighted by Gasteiger charge is -2.05. The van der Waals surface area contributed by atoms with Crippen LogP contribution in [0.4, 0.5) is 0 Å². The number of aromatic hydroxyl groups is 1. The van der Waals surface area contributed by atoms with Gasteiger partial charge in [-0.1, -0.05) is 35.3 Å². The number of halogens is 2. The van der Waals surface area contributed by atoms with Crippen molar-refractivity contribution in [2.24, 2.45) is 5.10 Å². The minimum Gasteiger partial charge on any atom is -0.507 e. The Bertz CT molecular complexity index is 697. The van der Waals surface area contributed by atoms with E-state index in [-0.39, 0.29) is 11.3 Å². The molecule has 0 unspecified atom stereocenters. The Morgan fingerprint density at radius 2 is 1.71 bits per heavy atom. The second-order valence-electron chi connectivity index (χ2n) is 4.31. The lowest BCUT2D eigenvalue weighted by atomic mass is 10.1. The van der Waals surface area contributed by atoms with E-state index < -0.39 is 5.91 Å². The number of hydrogen-bond acceptors (Lipinski definition) is 3.